The minimum Gasteiger partial charge on any atom is -0.198 e. The van der Waals surface area contributed by atoms with Crippen molar-refractivity contribution in [3.63, 3.8) is 0 Å². The van der Waals surface area contributed by atoms with Crippen molar-refractivity contribution in [2.75, 3.05) is 0 Å². The van der Waals surface area contributed by atoms with Gasteiger partial charge in [0.2, 0.25) is 0 Å². The number of halogens is 1. The van der Waals surface area contributed by atoms with Crippen LogP contribution >= 0.6 is 11.6 Å². The van der Waals surface area contributed by atoms with Crippen LogP contribution in [0, 0.1) is 22.7 Å². The molecule has 0 radical (unpaired) electrons. The van der Waals surface area contributed by atoms with E-state index in [0.29, 0.717) is 17.0 Å². The molecule has 0 heterocycles. The van der Waals surface area contributed by atoms with Crippen molar-refractivity contribution in [1.82, 2.24) is 0 Å². The largest absolute Gasteiger partial charge is 0.198 e. The Morgan fingerprint density at radius 2 is 2.14 bits per heavy atom. The van der Waals surface area contributed by atoms with Crippen molar-refractivity contribution in [3.8, 4) is 12.1 Å². The first-order chi connectivity index (χ1) is 6.77. The lowest BCUT2D eigenvalue weighted by atomic mass is 10.1. The monoisotopic (exact) mass is 202 g/mol. The number of rotatable bonds is 2. The summed E-state index contributed by atoms with van der Waals surface area (Å²) in [6.07, 6.45) is 3.79. The summed E-state index contributed by atoms with van der Waals surface area (Å²) < 4.78 is 0. The Bertz CT molecular complexity index is 436. The van der Waals surface area contributed by atoms with Gasteiger partial charge in [-0.15, -0.1) is 0 Å². The van der Waals surface area contributed by atoms with Gasteiger partial charge < -0.3 is 0 Å². The number of allylic oxidation sites excluding steroid dienone is 1. The summed E-state index contributed by atoms with van der Waals surface area (Å²) in [7, 11) is 0. The first-order valence-electron chi connectivity index (χ1n) is 4.01. The molecular formula is C11H7ClN2. The highest BCUT2D eigenvalue weighted by molar-refractivity contribution is 6.32. The molecule has 0 spiro atoms. The van der Waals surface area contributed by atoms with Crippen LogP contribution in [0.4, 0.5) is 0 Å². The zero-order chi connectivity index (χ0) is 10.4. The van der Waals surface area contributed by atoms with Gasteiger partial charge >= 0.3 is 0 Å². The second-order valence-electron chi connectivity index (χ2n) is 2.61. The van der Waals surface area contributed by atoms with Crippen LogP contribution in [0.5, 0.6) is 0 Å². The maximum atomic E-state index is 8.66. The predicted molar refractivity (Wildman–Crippen MR) is 55.4 cm³/mol. The molecule has 68 valence electrons. The van der Waals surface area contributed by atoms with Crippen molar-refractivity contribution in [2.24, 2.45) is 0 Å². The third-order valence-electron chi connectivity index (χ3n) is 1.63. The number of nitriles is 2. The molecule has 0 atom stereocenters. The Kier molecular flexibility index (Phi) is 3.73. The van der Waals surface area contributed by atoms with Crippen LogP contribution in [0.2, 0.25) is 5.02 Å². The average molecular weight is 203 g/mol. The SMILES string of the molecule is N#CCC=Cc1cc(C#N)ccc1Cl. The van der Waals surface area contributed by atoms with E-state index >= 15 is 0 Å². The third-order valence-corrected chi connectivity index (χ3v) is 1.98. The molecule has 0 aliphatic carbocycles. The lowest BCUT2D eigenvalue weighted by Gasteiger charge is -1.97. The van der Waals surface area contributed by atoms with Crippen LogP contribution in [0.1, 0.15) is 17.5 Å². The maximum absolute atomic E-state index is 8.66. The summed E-state index contributed by atoms with van der Waals surface area (Å²) in [6.45, 7) is 0. The Balaban J connectivity index is 2.97. The molecule has 3 heteroatoms. The lowest BCUT2D eigenvalue weighted by Crippen LogP contribution is -1.78. The van der Waals surface area contributed by atoms with Crippen LogP contribution < -0.4 is 0 Å². The van der Waals surface area contributed by atoms with Crippen LogP contribution in [0.25, 0.3) is 6.08 Å². The molecule has 2 nitrogen and oxygen atoms in total. The van der Waals surface area contributed by atoms with Gasteiger partial charge in [-0.05, 0) is 23.8 Å². The molecule has 0 aromatic heterocycles. The molecule has 0 unspecified atom stereocenters. The molecule has 0 aliphatic rings. The van der Waals surface area contributed by atoms with E-state index < -0.39 is 0 Å². The van der Waals surface area contributed by atoms with Gasteiger partial charge in [0.15, 0.2) is 0 Å². The topological polar surface area (TPSA) is 47.6 Å². The zero-order valence-electron chi connectivity index (χ0n) is 7.37. The zero-order valence-corrected chi connectivity index (χ0v) is 8.12. The summed E-state index contributed by atoms with van der Waals surface area (Å²) in [5.74, 6) is 0. The van der Waals surface area contributed by atoms with E-state index in [1.165, 1.54) is 0 Å². The molecule has 1 rings (SSSR count). The molecule has 0 bridgehead atoms. The molecule has 0 saturated heterocycles. The summed E-state index contributed by atoms with van der Waals surface area (Å²) in [4.78, 5) is 0. The molecule has 0 N–H and O–H groups in total. The van der Waals surface area contributed by atoms with E-state index in [1.54, 1.807) is 30.4 Å². The van der Waals surface area contributed by atoms with Gasteiger partial charge in [-0.1, -0.05) is 23.8 Å². The average Bonchev–Trinajstić information content (AvgIpc) is 2.21. The van der Waals surface area contributed by atoms with Crippen molar-refractivity contribution in [3.05, 3.63) is 40.4 Å². The van der Waals surface area contributed by atoms with Crippen molar-refractivity contribution in [2.45, 2.75) is 6.42 Å². The van der Waals surface area contributed by atoms with Gasteiger partial charge in [0.05, 0.1) is 24.1 Å². The fraction of sp³-hybridized carbons (Fsp3) is 0.0909. The fourth-order valence-corrected chi connectivity index (χ4v) is 1.16. The van der Waals surface area contributed by atoms with Gasteiger partial charge in [0.25, 0.3) is 0 Å². The second kappa shape index (κ2) is 5.07. The Labute approximate surface area is 87.7 Å². The molecule has 0 fully saturated rings. The van der Waals surface area contributed by atoms with Gasteiger partial charge in [0.1, 0.15) is 0 Å². The highest BCUT2D eigenvalue weighted by Crippen LogP contribution is 2.18. The van der Waals surface area contributed by atoms with Crippen molar-refractivity contribution >= 4 is 17.7 Å². The highest BCUT2D eigenvalue weighted by atomic mass is 35.5. The van der Waals surface area contributed by atoms with Crippen molar-refractivity contribution < 1.29 is 0 Å². The first kappa shape index (κ1) is 10.3. The summed E-state index contributed by atoms with van der Waals surface area (Å²) in [5, 5.41) is 17.6. The molecule has 0 saturated carbocycles. The number of hydrogen-bond donors (Lipinski definition) is 0. The molecule has 0 amide bonds. The van der Waals surface area contributed by atoms with E-state index in [2.05, 4.69) is 0 Å². The van der Waals surface area contributed by atoms with E-state index in [-0.39, 0.29) is 0 Å². The van der Waals surface area contributed by atoms with E-state index in [9.17, 15) is 0 Å². The Morgan fingerprint density at radius 3 is 2.79 bits per heavy atom. The lowest BCUT2D eigenvalue weighted by molar-refractivity contribution is 1.36. The quantitative estimate of drug-likeness (QED) is 0.740. The van der Waals surface area contributed by atoms with Gasteiger partial charge in [0, 0.05) is 5.02 Å². The van der Waals surface area contributed by atoms with Crippen LogP contribution in [-0.4, -0.2) is 0 Å². The van der Waals surface area contributed by atoms with E-state index in [0.717, 1.165) is 5.56 Å². The normalized spacial score (nSPS) is 9.64. The Morgan fingerprint density at radius 1 is 1.36 bits per heavy atom. The maximum Gasteiger partial charge on any atom is 0.0991 e. The van der Waals surface area contributed by atoms with E-state index in [4.69, 9.17) is 22.1 Å². The van der Waals surface area contributed by atoms with Gasteiger partial charge in [-0.2, -0.15) is 10.5 Å². The number of nitrogens with zero attached hydrogens (tertiary/aromatic N) is 2. The van der Waals surface area contributed by atoms with Crippen molar-refractivity contribution in [1.29, 1.82) is 10.5 Å². The standard InChI is InChI=1S/C11H7ClN2/c12-11-5-4-9(8-14)7-10(11)3-1-2-6-13/h1,3-5,7H,2H2. The van der Waals surface area contributed by atoms with Gasteiger partial charge in [-0.3, -0.25) is 0 Å². The minimum atomic E-state index is 0.340. The Hall–Kier alpha value is -1.77. The summed E-state index contributed by atoms with van der Waals surface area (Å²) in [5.41, 5.74) is 1.33. The molecule has 0 aliphatic heterocycles. The second-order valence-corrected chi connectivity index (χ2v) is 3.02. The van der Waals surface area contributed by atoms with Gasteiger partial charge in [-0.25, -0.2) is 0 Å². The highest BCUT2D eigenvalue weighted by Gasteiger charge is 1.97. The minimum absolute atomic E-state index is 0.340. The number of hydrogen-bond acceptors (Lipinski definition) is 2. The molecule has 1 aromatic rings. The predicted octanol–water partition coefficient (Wildman–Crippen LogP) is 3.14. The molecular weight excluding hydrogens is 196 g/mol. The number of benzene rings is 1. The van der Waals surface area contributed by atoms with E-state index in [1.807, 2.05) is 12.1 Å². The third kappa shape index (κ3) is 2.62. The fourth-order valence-electron chi connectivity index (χ4n) is 0.980. The summed E-state index contributed by atoms with van der Waals surface area (Å²) in [6, 6.07) is 9.04. The van der Waals surface area contributed by atoms with Crippen LogP contribution in [0.15, 0.2) is 24.3 Å². The molecule has 1 aromatic carbocycles. The summed E-state index contributed by atoms with van der Waals surface area (Å²) >= 11 is 5.89. The van der Waals surface area contributed by atoms with Crippen LogP contribution in [0.3, 0.4) is 0 Å². The molecule has 14 heavy (non-hydrogen) atoms. The smallest absolute Gasteiger partial charge is 0.0991 e. The first-order valence-corrected chi connectivity index (χ1v) is 4.39. The van der Waals surface area contributed by atoms with Crippen LogP contribution in [-0.2, 0) is 0 Å².